The predicted octanol–water partition coefficient (Wildman–Crippen LogP) is -2.41. The van der Waals surface area contributed by atoms with Crippen LogP contribution in [0.5, 0.6) is 0 Å². The van der Waals surface area contributed by atoms with E-state index in [0.717, 1.165) is 26.2 Å². The molecule has 0 saturated carbocycles. The van der Waals surface area contributed by atoms with Crippen LogP contribution in [-0.4, -0.2) is 39.3 Å². The van der Waals surface area contributed by atoms with Gasteiger partial charge >= 0.3 is 0 Å². The molecule has 0 aliphatic carbocycles. The Balaban J connectivity index is 2.69. The molecule has 68 valence electrons. The molecular weight excluding hydrogens is 142 g/mol. The molecule has 0 aromatic heterocycles. The van der Waals surface area contributed by atoms with Crippen molar-refractivity contribution in [1.29, 1.82) is 0 Å². The summed E-state index contributed by atoms with van der Waals surface area (Å²) in [5.41, 5.74) is 16.5. The molecule has 0 bridgehead atoms. The lowest BCUT2D eigenvalue weighted by molar-refractivity contribution is 0.521. The summed E-state index contributed by atoms with van der Waals surface area (Å²) in [6, 6.07) is 0. The van der Waals surface area contributed by atoms with Crippen molar-refractivity contribution in [2.24, 2.45) is 11.5 Å². The second-order valence-electron chi connectivity index (χ2n) is 2.18. The summed E-state index contributed by atoms with van der Waals surface area (Å²) >= 11 is 0. The van der Waals surface area contributed by atoms with Gasteiger partial charge in [0.15, 0.2) is 0 Å². The molecule has 0 spiro atoms. The summed E-state index contributed by atoms with van der Waals surface area (Å²) in [5, 5.41) is 3.15. The quantitative estimate of drug-likeness (QED) is 0.202. The predicted molar refractivity (Wildman–Crippen MR) is 47.0 cm³/mol. The summed E-state index contributed by atoms with van der Waals surface area (Å²) in [7, 11) is 0. The first kappa shape index (κ1) is 10.8. The van der Waals surface area contributed by atoms with E-state index in [1.54, 1.807) is 0 Å². The topological polar surface area (TPSA) is 88.1 Å². The first-order valence-corrected chi connectivity index (χ1v) is 3.98. The van der Waals surface area contributed by atoms with E-state index < -0.39 is 0 Å². The third-order valence-electron chi connectivity index (χ3n) is 1.14. The highest BCUT2D eigenvalue weighted by Gasteiger charge is 1.84. The number of nitrogens with two attached hydrogens (primary N) is 2. The van der Waals surface area contributed by atoms with Crippen LogP contribution in [0, 0.1) is 0 Å². The molecule has 0 radical (unpaired) electrons. The monoisotopic (exact) mass is 161 g/mol. The molecule has 0 atom stereocenters. The van der Waals surface area contributed by atoms with E-state index in [1.165, 1.54) is 0 Å². The first-order chi connectivity index (χ1) is 5.41. The zero-order valence-corrected chi connectivity index (χ0v) is 6.90. The van der Waals surface area contributed by atoms with Crippen LogP contribution in [-0.2, 0) is 0 Å². The largest absolute Gasteiger partial charge is 0.329 e. The van der Waals surface area contributed by atoms with Crippen LogP contribution < -0.4 is 27.6 Å². The third kappa shape index (κ3) is 9.80. The minimum Gasteiger partial charge on any atom is -0.329 e. The van der Waals surface area contributed by atoms with E-state index in [2.05, 4.69) is 16.2 Å². The van der Waals surface area contributed by atoms with E-state index in [-0.39, 0.29) is 0 Å². The van der Waals surface area contributed by atoms with E-state index in [1.807, 2.05) is 0 Å². The summed E-state index contributed by atoms with van der Waals surface area (Å²) < 4.78 is 0. The highest BCUT2D eigenvalue weighted by Crippen LogP contribution is 1.55. The van der Waals surface area contributed by atoms with Gasteiger partial charge in [0.2, 0.25) is 0 Å². The molecule has 0 aliphatic heterocycles. The number of nitrogens with one attached hydrogen (secondary N) is 3. The lowest BCUT2D eigenvalue weighted by Gasteiger charge is -2.05. The van der Waals surface area contributed by atoms with Gasteiger partial charge in [-0.15, -0.1) is 0 Å². The van der Waals surface area contributed by atoms with Crippen molar-refractivity contribution in [1.82, 2.24) is 16.2 Å². The SMILES string of the molecule is NCCNCCNNCCN. The fourth-order valence-electron chi connectivity index (χ4n) is 0.627. The number of hydrogen-bond acceptors (Lipinski definition) is 5. The minimum absolute atomic E-state index is 0.656. The van der Waals surface area contributed by atoms with Crippen LogP contribution in [0.1, 0.15) is 0 Å². The van der Waals surface area contributed by atoms with Gasteiger partial charge in [0.25, 0.3) is 0 Å². The molecule has 0 heterocycles. The van der Waals surface area contributed by atoms with Gasteiger partial charge in [0.1, 0.15) is 0 Å². The average molecular weight is 161 g/mol. The van der Waals surface area contributed by atoms with Gasteiger partial charge in [-0.2, -0.15) is 0 Å². The Morgan fingerprint density at radius 3 is 2.00 bits per heavy atom. The first-order valence-electron chi connectivity index (χ1n) is 3.98. The van der Waals surface area contributed by atoms with Crippen LogP contribution in [0.2, 0.25) is 0 Å². The van der Waals surface area contributed by atoms with E-state index in [4.69, 9.17) is 11.5 Å². The molecule has 0 unspecified atom stereocenters. The summed E-state index contributed by atoms with van der Waals surface area (Å²) in [6.07, 6.45) is 0. The van der Waals surface area contributed by atoms with Gasteiger partial charge in [0.05, 0.1) is 0 Å². The summed E-state index contributed by atoms with van der Waals surface area (Å²) in [5.74, 6) is 0. The highest BCUT2D eigenvalue weighted by molar-refractivity contribution is 4.49. The van der Waals surface area contributed by atoms with Crippen LogP contribution in [0.25, 0.3) is 0 Å². The Bertz CT molecular complexity index is 60.0. The van der Waals surface area contributed by atoms with Crippen molar-refractivity contribution in [2.45, 2.75) is 0 Å². The van der Waals surface area contributed by atoms with Crippen LogP contribution in [0.3, 0.4) is 0 Å². The van der Waals surface area contributed by atoms with Gasteiger partial charge in [0, 0.05) is 39.3 Å². The highest BCUT2D eigenvalue weighted by atomic mass is 15.4. The number of hydrogen-bond donors (Lipinski definition) is 5. The lowest BCUT2D eigenvalue weighted by atomic mass is 10.6. The van der Waals surface area contributed by atoms with Crippen LogP contribution >= 0.6 is 0 Å². The maximum atomic E-state index is 5.28. The smallest absolute Gasteiger partial charge is 0.0225 e. The normalized spacial score (nSPS) is 10.4. The Kier molecular flexibility index (Phi) is 9.62. The Labute approximate surface area is 67.9 Å². The Hall–Kier alpha value is -0.200. The maximum absolute atomic E-state index is 5.28. The van der Waals surface area contributed by atoms with Crippen LogP contribution in [0.15, 0.2) is 0 Å². The van der Waals surface area contributed by atoms with E-state index >= 15 is 0 Å². The average Bonchev–Trinajstić information content (AvgIpc) is 2.03. The van der Waals surface area contributed by atoms with Gasteiger partial charge in [-0.05, 0) is 0 Å². The van der Waals surface area contributed by atoms with Gasteiger partial charge in [-0.25, -0.2) is 0 Å². The minimum atomic E-state index is 0.656. The molecule has 0 rings (SSSR count). The van der Waals surface area contributed by atoms with E-state index in [0.29, 0.717) is 13.1 Å². The summed E-state index contributed by atoms with van der Waals surface area (Å²) in [6.45, 7) is 4.84. The maximum Gasteiger partial charge on any atom is 0.0225 e. The molecule has 0 aromatic carbocycles. The van der Waals surface area contributed by atoms with Crippen molar-refractivity contribution in [3.05, 3.63) is 0 Å². The second-order valence-corrected chi connectivity index (χ2v) is 2.18. The van der Waals surface area contributed by atoms with Crippen molar-refractivity contribution in [3.8, 4) is 0 Å². The third-order valence-corrected chi connectivity index (χ3v) is 1.14. The Morgan fingerprint density at radius 1 is 0.727 bits per heavy atom. The van der Waals surface area contributed by atoms with Gasteiger partial charge < -0.3 is 16.8 Å². The molecule has 7 N–H and O–H groups in total. The molecule has 0 saturated heterocycles. The molecule has 0 aromatic rings. The molecule has 0 aliphatic rings. The zero-order valence-electron chi connectivity index (χ0n) is 6.90. The summed E-state index contributed by atoms with van der Waals surface area (Å²) in [4.78, 5) is 0. The molecule has 0 amide bonds. The van der Waals surface area contributed by atoms with Gasteiger partial charge in [-0.3, -0.25) is 10.9 Å². The van der Waals surface area contributed by atoms with Crippen molar-refractivity contribution < 1.29 is 0 Å². The van der Waals surface area contributed by atoms with Crippen molar-refractivity contribution in [2.75, 3.05) is 39.3 Å². The van der Waals surface area contributed by atoms with E-state index in [9.17, 15) is 0 Å². The fraction of sp³-hybridized carbons (Fsp3) is 1.00. The fourth-order valence-corrected chi connectivity index (χ4v) is 0.627. The van der Waals surface area contributed by atoms with Crippen LogP contribution in [0.4, 0.5) is 0 Å². The zero-order chi connectivity index (χ0) is 8.36. The molecule has 5 nitrogen and oxygen atoms in total. The molecule has 5 heteroatoms. The molecule has 0 fully saturated rings. The number of hydrazine groups is 1. The number of rotatable bonds is 8. The Morgan fingerprint density at radius 2 is 1.36 bits per heavy atom. The van der Waals surface area contributed by atoms with Gasteiger partial charge in [-0.1, -0.05) is 0 Å². The van der Waals surface area contributed by atoms with Crippen molar-refractivity contribution in [3.63, 3.8) is 0 Å². The lowest BCUT2D eigenvalue weighted by Crippen LogP contribution is -2.40. The second kappa shape index (κ2) is 9.80. The molecule has 11 heavy (non-hydrogen) atoms. The van der Waals surface area contributed by atoms with Crippen molar-refractivity contribution >= 4 is 0 Å². The standard InChI is InChI=1S/C6H19N5/c7-1-3-9-5-6-11-10-4-2-8/h9-11H,1-8H2. The molecular formula is C6H19N5.